The number of nitrogens with one attached hydrogen (secondary N) is 1. The Morgan fingerprint density at radius 3 is 2.50 bits per heavy atom. The SMILES string of the molecule is CCCOc1ccc(C(F)(F)F)cc1CNCC. The van der Waals surface area contributed by atoms with Gasteiger partial charge in [0.2, 0.25) is 0 Å². The van der Waals surface area contributed by atoms with Crippen LogP contribution in [0.15, 0.2) is 18.2 Å². The quantitative estimate of drug-likeness (QED) is 0.844. The molecule has 0 spiro atoms. The first kappa shape index (κ1) is 14.8. The van der Waals surface area contributed by atoms with Crippen molar-refractivity contribution in [3.8, 4) is 5.75 Å². The molecule has 0 fully saturated rings. The molecule has 0 bridgehead atoms. The van der Waals surface area contributed by atoms with E-state index < -0.39 is 11.7 Å². The molecule has 1 rings (SSSR count). The summed E-state index contributed by atoms with van der Waals surface area (Å²) in [4.78, 5) is 0. The third-order valence-corrected chi connectivity index (χ3v) is 2.41. The van der Waals surface area contributed by atoms with E-state index in [1.807, 2.05) is 13.8 Å². The van der Waals surface area contributed by atoms with E-state index in [0.717, 1.165) is 18.6 Å². The Morgan fingerprint density at radius 2 is 1.94 bits per heavy atom. The second kappa shape index (κ2) is 6.64. The summed E-state index contributed by atoms with van der Waals surface area (Å²) in [7, 11) is 0. The Kier molecular flexibility index (Phi) is 5.47. The lowest BCUT2D eigenvalue weighted by atomic mass is 10.1. The third-order valence-electron chi connectivity index (χ3n) is 2.41. The van der Waals surface area contributed by atoms with Crippen molar-refractivity contribution in [1.82, 2.24) is 5.32 Å². The number of hydrogen-bond acceptors (Lipinski definition) is 2. The molecule has 2 nitrogen and oxygen atoms in total. The lowest BCUT2D eigenvalue weighted by Gasteiger charge is -2.14. The van der Waals surface area contributed by atoms with E-state index in [0.29, 0.717) is 31.0 Å². The first-order valence-electron chi connectivity index (χ1n) is 6.02. The van der Waals surface area contributed by atoms with E-state index in [9.17, 15) is 13.2 Å². The standard InChI is InChI=1S/C13H18F3NO/c1-3-7-18-12-6-5-11(13(14,15)16)8-10(12)9-17-4-2/h5-6,8,17H,3-4,7,9H2,1-2H3. The number of benzene rings is 1. The molecule has 1 aromatic rings. The van der Waals surface area contributed by atoms with Crippen LogP contribution in [-0.4, -0.2) is 13.2 Å². The summed E-state index contributed by atoms with van der Waals surface area (Å²) < 4.78 is 43.3. The van der Waals surface area contributed by atoms with Crippen molar-refractivity contribution in [2.24, 2.45) is 0 Å². The smallest absolute Gasteiger partial charge is 0.416 e. The molecule has 0 saturated heterocycles. The molecule has 1 aromatic carbocycles. The zero-order valence-electron chi connectivity index (χ0n) is 10.6. The topological polar surface area (TPSA) is 21.3 Å². The van der Waals surface area contributed by atoms with E-state index in [-0.39, 0.29) is 0 Å². The van der Waals surface area contributed by atoms with Gasteiger partial charge >= 0.3 is 6.18 Å². The molecule has 0 radical (unpaired) electrons. The van der Waals surface area contributed by atoms with E-state index in [2.05, 4.69) is 5.32 Å². The number of hydrogen-bond donors (Lipinski definition) is 1. The van der Waals surface area contributed by atoms with Gasteiger partial charge in [-0.1, -0.05) is 13.8 Å². The van der Waals surface area contributed by atoms with Gasteiger partial charge in [0.1, 0.15) is 5.75 Å². The summed E-state index contributed by atoms with van der Waals surface area (Å²) in [5.41, 5.74) is -0.0978. The molecule has 0 amide bonds. The highest BCUT2D eigenvalue weighted by Gasteiger charge is 2.31. The molecule has 0 atom stereocenters. The summed E-state index contributed by atoms with van der Waals surface area (Å²) in [6.07, 6.45) is -3.49. The van der Waals surface area contributed by atoms with Gasteiger partial charge in [-0.25, -0.2) is 0 Å². The third kappa shape index (κ3) is 4.22. The van der Waals surface area contributed by atoms with Gasteiger partial charge in [-0.15, -0.1) is 0 Å². The van der Waals surface area contributed by atoms with E-state index >= 15 is 0 Å². The number of halogens is 3. The summed E-state index contributed by atoms with van der Waals surface area (Å²) >= 11 is 0. The summed E-state index contributed by atoms with van der Waals surface area (Å²) in [6.45, 7) is 5.43. The molecule has 0 aliphatic rings. The normalized spacial score (nSPS) is 11.6. The Morgan fingerprint density at radius 1 is 1.22 bits per heavy atom. The van der Waals surface area contributed by atoms with Crippen molar-refractivity contribution in [3.05, 3.63) is 29.3 Å². The van der Waals surface area contributed by atoms with Crippen LogP contribution in [0.4, 0.5) is 13.2 Å². The van der Waals surface area contributed by atoms with Crippen LogP contribution < -0.4 is 10.1 Å². The van der Waals surface area contributed by atoms with Crippen LogP contribution in [0, 0.1) is 0 Å². The Labute approximate surface area is 105 Å². The molecule has 18 heavy (non-hydrogen) atoms. The summed E-state index contributed by atoms with van der Waals surface area (Å²) in [6, 6.07) is 3.60. The van der Waals surface area contributed by atoms with Gasteiger partial charge in [0.15, 0.2) is 0 Å². The highest BCUT2D eigenvalue weighted by Crippen LogP contribution is 2.32. The van der Waals surface area contributed by atoms with Crippen LogP contribution in [0.5, 0.6) is 5.75 Å². The summed E-state index contributed by atoms with van der Waals surface area (Å²) in [5.74, 6) is 0.519. The van der Waals surface area contributed by atoms with Crippen molar-refractivity contribution in [3.63, 3.8) is 0 Å². The molecule has 5 heteroatoms. The number of alkyl halides is 3. The number of ether oxygens (including phenoxy) is 1. The van der Waals surface area contributed by atoms with Gasteiger partial charge in [0, 0.05) is 12.1 Å². The van der Waals surface area contributed by atoms with Crippen LogP contribution in [-0.2, 0) is 12.7 Å². The van der Waals surface area contributed by atoms with Crippen molar-refractivity contribution >= 4 is 0 Å². The predicted molar refractivity (Wildman–Crippen MR) is 64.6 cm³/mol. The maximum Gasteiger partial charge on any atom is 0.416 e. The van der Waals surface area contributed by atoms with Gasteiger partial charge in [-0.05, 0) is 31.2 Å². The average Bonchev–Trinajstić information content (AvgIpc) is 2.33. The molecule has 102 valence electrons. The van der Waals surface area contributed by atoms with E-state index in [1.54, 1.807) is 0 Å². The molecule has 0 aromatic heterocycles. The van der Waals surface area contributed by atoms with Crippen LogP contribution in [0.3, 0.4) is 0 Å². The summed E-state index contributed by atoms with van der Waals surface area (Å²) in [5, 5.41) is 3.01. The largest absolute Gasteiger partial charge is 0.493 e. The first-order chi connectivity index (χ1) is 8.49. The minimum Gasteiger partial charge on any atom is -0.493 e. The molecule has 0 aliphatic heterocycles. The molecule has 0 saturated carbocycles. The first-order valence-corrected chi connectivity index (χ1v) is 6.02. The van der Waals surface area contributed by atoms with E-state index in [4.69, 9.17) is 4.74 Å². The van der Waals surface area contributed by atoms with E-state index in [1.165, 1.54) is 6.07 Å². The van der Waals surface area contributed by atoms with Gasteiger partial charge in [-0.3, -0.25) is 0 Å². The Balaban J connectivity index is 2.96. The zero-order valence-corrected chi connectivity index (χ0v) is 10.6. The van der Waals surface area contributed by atoms with Gasteiger partial charge in [0.05, 0.1) is 12.2 Å². The zero-order chi connectivity index (χ0) is 13.6. The molecule has 0 aliphatic carbocycles. The van der Waals surface area contributed by atoms with Crippen molar-refractivity contribution in [2.75, 3.05) is 13.2 Å². The highest BCUT2D eigenvalue weighted by atomic mass is 19.4. The maximum atomic E-state index is 12.6. The minimum atomic E-state index is -4.32. The monoisotopic (exact) mass is 261 g/mol. The fourth-order valence-corrected chi connectivity index (χ4v) is 1.51. The average molecular weight is 261 g/mol. The molecular formula is C13H18F3NO. The lowest BCUT2D eigenvalue weighted by molar-refractivity contribution is -0.137. The van der Waals surface area contributed by atoms with Crippen molar-refractivity contribution in [1.29, 1.82) is 0 Å². The van der Waals surface area contributed by atoms with Gasteiger partial charge in [0.25, 0.3) is 0 Å². The fourth-order valence-electron chi connectivity index (χ4n) is 1.51. The fraction of sp³-hybridized carbons (Fsp3) is 0.538. The van der Waals surface area contributed by atoms with Crippen molar-refractivity contribution < 1.29 is 17.9 Å². The molecule has 0 unspecified atom stereocenters. The second-order valence-corrected chi connectivity index (χ2v) is 3.95. The Bertz CT molecular complexity index is 377. The van der Waals surface area contributed by atoms with Crippen LogP contribution in [0.25, 0.3) is 0 Å². The second-order valence-electron chi connectivity index (χ2n) is 3.95. The molecular weight excluding hydrogens is 243 g/mol. The van der Waals surface area contributed by atoms with Gasteiger partial charge < -0.3 is 10.1 Å². The van der Waals surface area contributed by atoms with Crippen LogP contribution in [0.1, 0.15) is 31.4 Å². The van der Waals surface area contributed by atoms with Crippen LogP contribution >= 0.6 is 0 Å². The molecule has 0 heterocycles. The lowest BCUT2D eigenvalue weighted by Crippen LogP contribution is -2.14. The minimum absolute atomic E-state index is 0.374. The van der Waals surface area contributed by atoms with Crippen LogP contribution in [0.2, 0.25) is 0 Å². The van der Waals surface area contributed by atoms with Gasteiger partial charge in [-0.2, -0.15) is 13.2 Å². The Hall–Kier alpha value is -1.23. The molecule has 1 N–H and O–H groups in total. The predicted octanol–water partition coefficient (Wildman–Crippen LogP) is 3.60. The number of rotatable bonds is 6. The van der Waals surface area contributed by atoms with Crippen molar-refractivity contribution in [2.45, 2.75) is 33.0 Å². The maximum absolute atomic E-state index is 12.6. The highest BCUT2D eigenvalue weighted by molar-refractivity contribution is 5.38.